The average molecular weight is 297 g/mol. The second-order valence-corrected chi connectivity index (χ2v) is 6.61. The molecule has 1 amide bonds. The molecule has 5 heteroatoms. The monoisotopic (exact) mass is 297 g/mol. The number of nitrogens with zero attached hydrogens (tertiary/aromatic N) is 1. The van der Waals surface area contributed by atoms with Crippen LogP contribution in [0, 0.1) is 11.8 Å². The molecule has 0 bridgehead atoms. The smallest absolute Gasteiger partial charge is 0.410 e. The lowest BCUT2D eigenvalue weighted by Crippen LogP contribution is -2.35. The van der Waals surface area contributed by atoms with Gasteiger partial charge in [0, 0.05) is 19.0 Å². The number of carbonyl (C=O) groups excluding carboxylic acids is 2. The van der Waals surface area contributed by atoms with Gasteiger partial charge in [-0.15, -0.1) is 0 Å². The summed E-state index contributed by atoms with van der Waals surface area (Å²) < 4.78 is 10.4. The maximum atomic E-state index is 12.1. The first kappa shape index (κ1) is 17.5. The van der Waals surface area contributed by atoms with Crippen LogP contribution in [0.15, 0.2) is 12.2 Å². The first-order valence-corrected chi connectivity index (χ1v) is 7.43. The molecule has 0 aliphatic carbocycles. The van der Waals surface area contributed by atoms with E-state index in [2.05, 4.69) is 6.58 Å². The van der Waals surface area contributed by atoms with Gasteiger partial charge in [-0.1, -0.05) is 12.2 Å². The summed E-state index contributed by atoms with van der Waals surface area (Å²) in [5, 5.41) is 0. The molecular formula is C16H27NO4. The molecule has 2 atom stereocenters. The first-order chi connectivity index (χ1) is 9.64. The van der Waals surface area contributed by atoms with E-state index in [1.165, 1.54) is 0 Å². The molecule has 0 spiro atoms. The van der Waals surface area contributed by atoms with E-state index in [1.807, 2.05) is 27.7 Å². The third-order valence-corrected chi connectivity index (χ3v) is 3.46. The predicted molar refractivity (Wildman–Crippen MR) is 80.9 cm³/mol. The highest BCUT2D eigenvalue weighted by molar-refractivity contribution is 5.71. The highest BCUT2D eigenvalue weighted by Gasteiger charge is 2.38. The van der Waals surface area contributed by atoms with Gasteiger partial charge in [0.25, 0.3) is 0 Å². The summed E-state index contributed by atoms with van der Waals surface area (Å²) in [6, 6.07) is 0. The lowest BCUT2D eigenvalue weighted by Gasteiger charge is -2.24. The first-order valence-electron chi connectivity index (χ1n) is 7.43. The van der Waals surface area contributed by atoms with Crippen molar-refractivity contribution in [2.75, 3.05) is 19.7 Å². The molecule has 1 heterocycles. The minimum Gasteiger partial charge on any atom is -0.466 e. The zero-order valence-corrected chi connectivity index (χ0v) is 13.8. The summed E-state index contributed by atoms with van der Waals surface area (Å²) >= 11 is 0. The quantitative estimate of drug-likeness (QED) is 0.591. The number of ether oxygens (including phenoxy) is 2. The van der Waals surface area contributed by atoms with Crippen molar-refractivity contribution in [3.63, 3.8) is 0 Å². The molecule has 1 fully saturated rings. The van der Waals surface area contributed by atoms with Crippen molar-refractivity contribution in [1.82, 2.24) is 4.90 Å². The molecule has 120 valence electrons. The fraction of sp³-hybridized carbons (Fsp3) is 0.750. The third kappa shape index (κ3) is 5.40. The summed E-state index contributed by atoms with van der Waals surface area (Å²) in [5.74, 6) is -0.0595. The summed E-state index contributed by atoms with van der Waals surface area (Å²) in [7, 11) is 0. The number of hydrogen-bond acceptors (Lipinski definition) is 4. The van der Waals surface area contributed by atoms with Crippen LogP contribution in [0.4, 0.5) is 4.79 Å². The lowest BCUT2D eigenvalue weighted by atomic mass is 9.88. The predicted octanol–water partition coefficient (Wildman–Crippen LogP) is 3.00. The fourth-order valence-corrected chi connectivity index (χ4v) is 2.55. The van der Waals surface area contributed by atoms with Crippen LogP contribution >= 0.6 is 0 Å². The van der Waals surface area contributed by atoms with Gasteiger partial charge in [0.15, 0.2) is 0 Å². The van der Waals surface area contributed by atoms with E-state index in [4.69, 9.17) is 9.47 Å². The van der Waals surface area contributed by atoms with Gasteiger partial charge >= 0.3 is 12.1 Å². The van der Waals surface area contributed by atoms with E-state index < -0.39 is 5.60 Å². The molecule has 21 heavy (non-hydrogen) atoms. The van der Waals surface area contributed by atoms with Crippen molar-refractivity contribution in [3.8, 4) is 0 Å². The SMILES string of the molecule is C=C(C)[C@H]1CN(C(=O)OC(C)(C)C)C[C@@H]1CC(=O)OCC. The van der Waals surface area contributed by atoms with E-state index in [1.54, 1.807) is 11.8 Å². The zero-order chi connectivity index (χ0) is 16.2. The second kappa shape index (κ2) is 6.96. The third-order valence-electron chi connectivity index (χ3n) is 3.46. The molecule has 1 rings (SSSR count). The summed E-state index contributed by atoms with van der Waals surface area (Å²) in [6.07, 6.45) is -0.0230. The molecule has 0 aromatic heterocycles. The van der Waals surface area contributed by atoms with Gasteiger partial charge in [0.05, 0.1) is 13.0 Å². The van der Waals surface area contributed by atoms with Crippen LogP contribution in [0.1, 0.15) is 41.0 Å². The Morgan fingerprint density at radius 2 is 1.90 bits per heavy atom. The van der Waals surface area contributed by atoms with Crippen LogP contribution in [0.3, 0.4) is 0 Å². The molecule has 1 aliphatic heterocycles. The minimum atomic E-state index is -0.519. The van der Waals surface area contributed by atoms with Crippen molar-refractivity contribution >= 4 is 12.1 Å². The van der Waals surface area contributed by atoms with Crippen LogP contribution in [-0.4, -0.2) is 42.3 Å². The minimum absolute atomic E-state index is 0.0501. The molecule has 0 aromatic rings. The summed E-state index contributed by atoms with van der Waals surface area (Å²) in [6.45, 7) is 14.6. The number of esters is 1. The highest BCUT2D eigenvalue weighted by Crippen LogP contribution is 2.32. The Balaban J connectivity index is 2.70. The molecular weight excluding hydrogens is 270 g/mol. The number of rotatable bonds is 4. The lowest BCUT2D eigenvalue weighted by molar-refractivity contribution is -0.144. The Morgan fingerprint density at radius 1 is 1.29 bits per heavy atom. The van der Waals surface area contributed by atoms with E-state index in [9.17, 15) is 9.59 Å². The van der Waals surface area contributed by atoms with Gasteiger partial charge in [-0.25, -0.2) is 4.79 Å². The molecule has 0 saturated carbocycles. The summed E-state index contributed by atoms with van der Waals surface area (Å²) in [5.41, 5.74) is 0.463. The van der Waals surface area contributed by atoms with E-state index >= 15 is 0 Å². The highest BCUT2D eigenvalue weighted by atomic mass is 16.6. The maximum Gasteiger partial charge on any atom is 0.410 e. The van der Waals surface area contributed by atoms with Crippen LogP contribution in [-0.2, 0) is 14.3 Å². The van der Waals surface area contributed by atoms with Crippen molar-refractivity contribution < 1.29 is 19.1 Å². The van der Waals surface area contributed by atoms with Gasteiger partial charge in [-0.05, 0) is 40.5 Å². The van der Waals surface area contributed by atoms with Gasteiger partial charge in [0.2, 0.25) is 0 Å². The normalized spacial score (nSPS) is 22.0. The van der Waals surface area contributed by atoms with E-state index in [0.717, 1.165) is 5.57 Å². The Kier molecular flexibility index (Phi) is 5.81. The number of hydrogen-bond donors (Lipinski definition) is 0. The molecule has 1 saturated heterocycles. The van der Waals surface area contributed by atoms with Crippen LogP contribution in [0.5, 0.6) is 0 Å². The van der Waals surface area contributed by atoms with Gasteiger partial charge in [-0.3, -0.25) is 4.79 Å². The number of carbonyl (C=O) groups is 2. The maximum absolute atomic E-state index is 12.1. The Hall–Kier alpha value is -1.52. The van der Waals surface area contributed by atoms with Crippen LogP contribution in [0.2, 0.25) is 0 Å². The molecule has 0 radical (unpaired) electrons. The van der Waals surface area contributed by atoms with Crippen molar-refractivity contribution in [2.45, 2.75) is 46.6 Å². The largest absolute Gasteiger partial charge is 0.466 e. The van der Waals surface area contributed by atoms with Crippen LogP contribution < -0.4 is 0 Å². The molecule has 0 unspecified atom stereocenters. The fourth-order valence-electron chi connectivity index (χ4n) is 2.55. The van der Waals surface area contributed by atoms with Crippen molar-refractivity contribution in [1.29, 1.82) is 0 Å². The van der Waals surface area contributed by atoms with Gasteiger partial charge in [0.1, 0.15) is 5.60 Å². The molecule has 1 aliphatic rings. The average Bonchev–Trinajstić information content (AvgIpc) is 2.71. The van der Waals surface area contributed by atoms with Crippen LogP contribution in [0.25, 0.3) is 0 Å². The number of likely N-dealkylation sites (tertiary alicyclic amines) is 1. The molecule has 5 nitrogen and oxygen atoms in total. The van der Waals surface area contributed by atoms with Gasteiger partial charge in [-0.2, -0.15) is 0 Å². The molecule has 0 N–H and O–H groups in total. The zero-order valence-electron chi connectivity index (χ0n) is 13.8. The molecule has 0 aromatic carbocycles. The van der Waals surface area contributed by atoms with Crippen molar-refractivity contribution in [3.05, 3.63) is 12.2 Å². The topological polar surface area (TPSA) is 55.8 Å². The second-order valence-electron chi connectivity index (χ2n) is 6.61. The Bertz CT molecular complexity index is 411. The summed E-state index contributed by atoms with van der Waals surface area (Å²) in [4.78, 5) is 25.5. The van der Waals surface area contributed by atoms with Crippen molar-refractivity contribution in [2.24, 2.45) is 11.8 Å². The Morgan fingerprint density at radius 3 is 2.38 bits per heavy atom. The van der Waals surface area contributed by atoms with Gasteiger partial charge < -0.3 is 14.4 Å². The Labute approximate surface area is 127 Å². The van der Waals surface area contributed by atoms with E-state index in [0.29, 0.717) is 26.1 Å². The standard InChI is InChI=1S/C16H27NO4/c1-7-20-14(18)8-12-9-17(10-13(12)11(2)3)15(19)21-16(4,5)6/h12-13H,2,7-10H2,1,3-6H3/t12-,13+/m0/s1. The number of amides is 1. The van der Waals surface area contributed by atoms with E-state index in [-0.39, 0.29) is 23.9 Å².